The molecule has 1 unspecified atom stereocenters. The number of phosphoric acid groups is 1. The molecule has 0 aromatic heterocycles. The van der Waals surface area contributed by atoms with E-state index in [0.29, 0.717) is 13.0 Å². The van der Waals surface area contributed by atoms with Gasteiger partial charge < -0.3 is 19.1 Å². The number of unbranched alkanes of at least 4 members (excludes halogenated alkanes) is 15. The van der Waals surface area contributed by atoms with E-state index < -0.39 is 14.1 Å². The van der Waals surface area contributed by atoms with Gasteiger partial charge in [-0.25, -0.2) is 9.56 Å². The van der Waals surface area contributed by atoms with Crippen LogP contribution in [0.5, 0.6) is 0 Å². The van der Waals surface area contributed by atoms with Gasteiger partial charge in [0, 0.05) is 13.0 Å². The first-order chi connectivity index (χ1) is 14.0. The van der Waals surface area contributed by atoms with Crippen molar-refractivity contribution >= 4 is 7.82 Å². The van der Waals surface area contributed by atoms with Gasteiger partial charge in [0.05, 0.1) is 0 Å². The molecule has 0 rings (SSSR count). The van der Waals surface area contributed by atoms with E-state index in [1.165, 1.54) is 64.2 Å². The Kier molecular flexibility index (Phi) is 34.3. The summed E-state index contributed by atoms with van der Waals surface area (Å²) in [7, 11) is -5.14. The standard InChI is InChI=1S/C22H47O6P.2Na/c1-3-5-7-9-10-11-12-13-14-15-16-17-18-20-22(27-28-29(23,24)25)26-21-19-8-6-4-2;;/h22H,3-21H2,1-2H3,(H2,23,24,25);;/q;2*+1/p-2. The van der Waals surface area contributed by atoms with Crippen LogP contribution in [0.15, 0.2) is 0 Å². The van der Waals surface area contributed by atoms with Gasteiger partial charge in [0.1, 0.15) is 7.82 Å². The minimum atomic E-state index is -5.14. The Morgan fingerprint density at radius 3 is 1.45 bits per heavy atom. The van der Waals surface area contributed by atoms with Crippen molar-refractivity contribution < 1.29 is 87.8 Å². The second-order valence-corrected chi connectivity index (χ2v) is 9.05. The smallest absolute Gasteiger partial charge is 0.788 e. The van der Waals surface area contributed by atoms with Gasteiger partial charge in [-0.3, -0.25) is 0 Å². The Morgan fingerprint density at radius 1 is 0.645 bits per heavy atom. The third kappa shape index (κ3) is 32.0. The first kappa shape index (κ1) is 37.6. The van der Waals surface area contributed by atoms with Crippen LogP contribution in [0, 0.1) is 0 Å². The molecule has 31 heavy (non-hydrogen) atoms. The Hall–Kier alpha value is 2.03. The summed E-state index contributed by atoms with van der Waals surface area (Å²) in [6, 6.07) is 0. The predicted molar refractivity (Wildman–Crippen MR) is 114 cm³/mol. The predicted octanol–water partition coefficient (Wildman–Crippen LogP) is 0.176. The summed E-state index contributed by atoms with van der Waals surface area (Å²) < 4.78 is 20.1. The molecule has 6 nitrogen and oxygen atoms in total. The van der Waals surface area contributed by atoms with E-state index in [1.54, 1.807) is 0 Å². The Morgan fingerprint density at radius 2 is 1.03 bits per heavy atom. The van der Waals surface area contributed by atoms with E-state index in [1.807, 2.05) is 0 Å². The zero-order chi connectivity index (χ0) is 21.6. The first-order valence-corrected chi connectivity index (χ1v) is 13.4. The molecule has 0 aliphatic carbocycles. The molecule has 0 N–H and O–H groups in total. The molecule has 0 aliphatic rings. The first-order valence-electron chi connectivity index (χ1n) is 12.0. The summed E-state index contributed by atoms with van der Waals surface area (Å²) in [6.07, 6.45) is 20.4. The van der Waals surface area contributed by atoms with Gasteiger partial charge in [0.25, 0.3) is 0 Å². The maximum Gasteiger partial charge on any atom is 1.00 e. The molecule has 0 heterocycles. The average Bonchev–Trinajstić information content (AvgIpc) is 2.68. The van der Waals surface area contributed by atoms with Crippen LogP contribution >= 0.6 is 7.82 Å². The molecule has 1 atom stereocenters. The number of hydrogen-bond acceptors (Lipinski definition) is 6. The van der Waals surface area contributed by atoms with Crippen molar-refractivity contribution in [2.24, 2.45) is 0 Å². The fourth-order valence-corrected chi connectivity index (χ4v) is 3.53. The van der Waals surface area contributed by atoms with E-state index in [0.717, 1.165) is 44.9 Å². The summed E-state index contributed by atoms with van der Waals surface area (Å²) in [6.45, 7) is 4.86. The van der Waals surface area contributed by atoms with Crippen LogP contribution in [0.2, 0.25) is 0 Å². The topological polar surface area (TPSA) is 90.9 Å². The van der Waals surface area contributed by atoms with Crippen LogP contribution in [0.25, 0.3) is 0 Å². The van der Waals surface area contributed by atoms with Gasteiger partial charge >= 0.3 is 59.1 Å². The van der Waals surface area contributed by atoms with Crippen molar-refractivity contribution in [1.29, 1.82) is 0 Å². The second kappa shape index (κ2) is 28.3. The minimum Gasteiger partial charge on any atom is -0.788 e. The van der Waals surface area contributed by atoms with Gasteiger partial charge in [-0.1, -0.05) is 110 Å². The fourth-order valence-electron chi connectivity index (χ4n) is 3.33. The van der Waals surface area contributed by atoms with E-state index in [4.69, 9.17) is 9.62 Å². The molecule has 0 aliphatic heterocycles. The summed E-state index contributed by atoms with van der Waals surface area (Å²) in [4.78, 5) is 25.9. The molecule has 0 radical (unpaired) electrons. The fraction of sp³-hybridized carbons (Fsp3) is 1.00. The monoisotopic (exact) mass is 482 g/mol. The van der Waals surface area contributed by atoms with Crippen LogP contribution in [0.1, 0.15) is 129 Å². The molecule has 0 aromatic rings. The zero-order valence-corrected chi connectivity index (χ0v) is 25.8. The summed E-state index contributed by atoms with van der Waals surface area (Å²) in [5.41, 5.74) is 0. The molecule has 0 aromatic carbocycles. The molecule has 0 fully saturated rings. The van der Waals surface area contributed by atoms with Crippen molar-refractivity contribution in [3.05, 3.63) is 0 Å². The van der Waals surface area contributed by atoms with Crippen molar-refractivity contribution in [2.45, 2.75) is 136 Å². The van der Waals surface area contributed by atoms with Crippen molar-refractivity contribution in [3.8, 4) is 0 Å². The van der Waals surface area contributed by atoms with Crippen LogP contribution in [-0.2, 0) is 18.9 Å². The van der Waals surface area contributed by atoms with Gasteiger partial charge in [0.15, 0.2) is 6.29 Å². The second-order valence-electron chi connectivity index (χ2n) is 8.01. The SMILES string of the molecule is CCCCCCCCCCCCCCCC(OCCCCCC)OOP(=O)([O-])[O-].[Na+].[Na+]. The van der Waals surface area contributed by atoms with Crippen molar-refractivity contribution in [3.63, 3.8) is 0 Å². The molecule has 0 saturated heterocycles. The third-order valence-electron chi connectivity index (χ3n) is 5.09. The molecule has 0 saturated carbocycles. The van der Waals surface area contributed by atoms with Gasteiger partial charge in [-0.05, 0) is 12.8 Å². The molecule has 0 spiro atoms. The van der Waals surface area contributed by atoms with Crippen LogP contribution in [-0.4, -0.2) is 12.9 Å². The molecular weight excluding hydrogens is 437 g/mol. The van der Waals surface area contributed by atoms with E-state index in [-0.39, 0.29) is 59.1 Å². The summed E-state index contributed by atoms with van der Waals surface area (Å²) in [5.74, 6) is 0. The van der Waals surface area contributed by atoms with Crippen molar-refractivity contribution in [1.82, 2.24) is 0 Å². The minimum absolute atomic E-state index is 0. The Bertz CT molecular complexity index is 385. The number of rotatable bonds is 23. The molecule has 0 bridgehead atoms. The maximum atomic E-state index is 10.6. The zero-order valence-electron chi connectivity index (χ0n) is 20.9. The maximum absolute atomic E-state index is 10.6. The Labute approximate surface area is 236 Å². The number of hydrogen-bond donors (Lipinski definition) is 0. The van der Waals surface area contributed by atoms with Crippen LogP contribution < -0.4 is 68.9 Å². The van der Waals surface area contributed by atoms with Crippen molar-refractivity contribution in [2.75, 3.05) is 6.61 Å². The normalized spacial score (nSPS) is 12.3. The van der Waals surface area contributed by atoms with Crippen LogP contribution in [0.4, 0.5) is 0 Å². The van der Waals surface area contributed by atoms with Gasteiger partial charge in [-0.15, -0.1) is 0 Å². The third-order valence-corrected chi connectivity index (χ3v) is 5.36. The van der Waals surface area contributed by atoms with Gasteiger partial charge in [-0.2, -0.15) is 0 Å². The largest absolute Gasteiger partial charge is 1.00 e. The number of ether oxygens (including phenoxy) is 1. The quantitative estimate of drug-likeness (QED) is 0.0515. The average molecular weight is 483 g/mol. The summed E-state index contributed by atoms with van der Waals surface area (Å²) in [5, 5.41) is 0. The van der Waals surface area contributed by atoms with Gasteiger partial charge in [0.2, 0.25) is 0 Å². The van der Waals surface area contributed by atoms with Crippen LogP contribution in [0.3, 0.4) is 0 Å². The molecule has 176 valence electrons. The molecular formula is C22H45Na2O6P. The van der Waals surface area contributed by atoms with E-state index in [9.17, 15) is 14.4 Å². The summed E-state index contributed by atoms with van der Waals surface area (Å²) >= 11 is 0. The molecule has 0 amide bonds. The Balaban J connectivity index is -0.00000392. The molecule has 9 heteroatoms. The van der Waals surface area contributed by atoms with E-state index >= 15 is 0 Å². The van der Waals surface area contributed by atoms with E-state index in [2.05, 4.69) is 18.5 Å².